The summed E-state index contributed by atoms with van der Waals surface area (Å²) in [5.41, 5.74) is 2.11. The van der Waals surface area contributed by atoms with Crippen molar-refractivity contribution in [1.29, 1.82) is 0 Å². The highest BCUT2D eigenvalue weighted by Gasteiger charge is 2.00. The van der Waals surface area contributed by atoms with E-state index >= 15 is 0 Å². The number of hydrogen-bond acceptors (Lipinski definition) is 3. The molecule has 0 aliphatic rings. The molecular formula is C12H17BO3. The predicted octanol–water partition coefficient (Wildman–Crippen LogP) is 1.53. The van der Waals surface area contributed by atoms with Crippen LogP contribution >= 0.6 is 0 Å². The number of ether oxygens (including phenoxy) is 3. The van der Waals surface area contributed by atoms with Crippen LogP contribution in [0.5, 0.6) is 5.75 Å². The maximum absolute atomic E-state index is 5.60. The lowest BCUT2D eigenvalue weighted by molar-refractivity contribution is 0.0616. The van der Waals surface area contributed by atoms with E-state index in [0.29, 0.717) is 26.1 Å². The Morgan fingerprint density at radius 3 is 2.44 bits per heavy atom. The molecule has 0 aliphatic heterocycles. The normalized spacial score (nSPS) is 10.4. The van der Waals surface area contributed by atoms with E-state index < -0.39 is 0 Å². The number of benzene rings is 1. The summed E-state index contributed by atoms with van der Waals surface area (Å²) in [6.45, 7) is 1.74. The molecule has 0 fully saturated rings. The zero-order valence-corrected chi connectivity index (χ0v) is 9.86. The monoisotopic (exact) mass is 220 g/mol. The van der Waals surface area contributed by atoms with Crippen LogP contribution in [0.4, 0.5) is 0 Å². The third-order valence-corrected chi connectivity index (χ3v) is 2.20. The molecule has 0 bridgehead atoms. The standard InChI is InChI=1S/C12H17BO3/c1-14-3-4-16-9-11-5-10(8-13)6-12(7-11)15-2/h5-7H,3-4,8-9H2,1-2H3. The minimum atomic E-state index is 0.502. The average Bonchev–Trinajstić information content (AvgIpc) is 2.34. The maximum atomic E-state index is 5.60. The van der Waals surface area contributed by atoms with Gasteiger partial charge in [-0.3, -0.25) is 0 Å². The lowest BCUT2D eigenvalue weighted by atomic mass is 9.95. The molecule has 16 heavy (non-hydrogen) atoms. The topological polar surface area (TPSA) is 27.7 Å². The number of rotatable bonds is 7. The molecule has 2 radical (unpaired) electrons. The molecule has 0 spiro atoms. The van der Waals surface area contributed by atoms with E-state index in [4.69, 9.17) is 22.1 Å². The quantitative estimate of drug-likeness (QED) is 0.515. The summed E-state index contributed by atoms with van der Waals surface area (Å²) < 4.78 is 15.5. The Morgan fingerprint density at radius 2 is 1.81 bits per heavy atom. The van der Waals surface area contributed by atoms with Gasteiger partial charge in [0.25, 0.3) is 0 Å². The van der Waals surface area contributed by atoms with Gasteiger partial charge in [-0.05, 0) is 17.7 Å². The molecule has 0 aromatic heterocycles. The lowest BCUT2D eigenvalue weighted by Crippen LogP contribution is -2.02. The molecule has 0 amide bonds. The van der Waals surface area contributed by atoms with Crippen LogP contribution in [-0.2, 0) is 22.4 Å². The predicted molar refractivity (Wildman–Crippen MR) is 64.0 cm³/mol. The largest absolute Gasteiger partial charge is 0.497 e. The second kappa shape index (κ2) is 7.31. The van der Waals surface area contributed by atoms with Gasteiger partial charge in [0.05, 0.1) is 34.8 Å². The van der Waals surface area contributed by atoms with Crippen LogP contribution in [0.15, 0.2) is 18.2 Å². The molecule has 0 saturated carbocycles. The van der Waals surface area contributed by atoms with Gasteiger partial charge in [-0.25, -0.2) is 0 Å². The molecule has 0 unspecified atom stereocenters. The molecule has 0 N–H and O–H groups in total. The summed E-state index contributed by atoms with van der Waals surface area (Å²) in [6, 6.07) is 5.90. The molecule has 0 atom stereocenters. The van der Waals surface area contributed by atoms with E-state index in [1.54, 1.807) is 14.2 Å². The summed E-state index contributed by atoms with van der Waals surface area (Å²) in [5, 5.41) is 0. The van der Waals surface area contributed by atoms with E-state index in [2.05, 4.69) is 0 Å². The van der Waals surface area contributed by atoms with Crippen molar-refractivity contribution in [2.24, 2.45) is 0 Å². The molecule has 0 heterocycles. The molecule has 0 aliphatic carbocycles. The maximum Gasteiger partial charge on any atom is 0.119 e. The van der Waals surface area contributed by atoms with E-state index in [1.807, 2.05) is 18.2 Å². The molecule has 1 aromatic rings. The first-order valence-electron chi connectivity index (χ1n) is 5.23. The Morgan fingerprint density at radius 1 is 1.06 bits per heavy atom. The van der Waals surface area contributed by atoms with Crippen molar-refractivity contribution < 1.29 is 14.2 Å². The minimum absolute atomic E-state index is 0.502. The third kappa shape index (κ3) is 4.25. The fraction of sp³-hybridized carbons (Fsp3) is 0.500. The highest BCUT2D eigenvalue weighted by molar-refractivity contribution is 6.08. The van der Waals surface area contributed by atoms with Crippen molar-refractivity contribution in [1.82, 2.24) is 0 Å². The summed E-state index contributed by atoms with van der Waals surface area (Å²) in [7, 11) is 8.90. The SMILES string of the molecule is [B]Cc1cc(COCCOC)cc(OC)c1. The van der Waals surface area contributed by atoms with Gasteiger partial charge in [0.1, 0.15) is 5.75 Å². The van der Waals surface area contributed by atoms with Gasteiger partial charge in [-0.2, -0.15) is 0 Å². The molecule has 3 nitrogen and oxygen atoms in total. The highest BCUT2D eigenvalue weighted by atomic mass is 16.5. The summed E-state index contributed by atoms with van der Waals surface area (Å²) in [4.78, 5) is 0. The summed E-state index contributed by atoms with van der Waals surface area (Å²) >= 11 is 0. The van der Waals surface area contributed by atoms with Crippen molar-refractivity contribution >= 4 is 7.85 Å². The van der Waals surface area contributed by atoms with E-state index in [-0.39, 0.29) is 0 Å². The second-order valence-electron chi connectivity index (χ2n) is 3.44. The Hall–Kier alpha value is -0.995. The Bertz CT molecular complexity index is 293. The van der Waals surface area contributed by atoms with Crippen LogP contribution in [0.1, 0.15) is 11.1 Å². The Balaban J connectivity index is 2.57. The number of hydrogen-bond donors (Lipinski definition) is 0. The van der Waals surface area contributed by atoms with Crippen LogP contribution in [-0.4, -0.2) is 35.3 Å². The molecule has 4 heteroatoms. The van der Waals surface area contributed by atoms with Crippen molar-refractivity contribution in [2.45, 2.75) is 12.9 Å². The van der Waals surface area contributed by atoms with Gasteiger partial charge in [0.2, 0.25) is 0 Å². The number of methoxy groups -OCH3 is 2. The van der Waals surface area contributed by atoms with Gasteiger partial charge in [0.15, 0.2) is 0 Å². The fourth-order valence-corrected chi connectivity index (χ4v) is 1.38. The summed E-state index contributed by atoms with van der Waals surface area (Å²) in [5.74, 6) is 0.813. The fourth-order valence-electron chi connectivity index (χ4n) is 1.38. The Labute approximate surface area is 98.1 Å². The average molecular weight is 220 g/mol. The molecular weight excluding hydrogens is 203 g/mol. The van der Waals surface area contributed by atoms with E-state index in [1.165, 1.54) is 0 Å². The van der Waals surface area contributed by atoms with Crippen molar-refractivity contribution in [3.8, 4) is 5.75 Å². The van der Waals surface area contributed by atoms with E-state index in [9.17, 15) is 0 Å². The van der Waals surface area contributed by atoms with E-state index in [0.717, 1.165) is 16.9 Å². The zero-order valence-electron chi connectivity index (χ0n) is 9.86. The first-order chi connectivity index (χ1) is 7.80. The van der Waals surface area contributed by atoms with Crippen LogP contribution in [0.25, 0.3) is 0 Å². The molecule has 86 valence electrons. The van der Waals surface area contributed by atoms with Gasteiger partial charge < -0.3 is 14.2 Å². The first kappa shape index (κ1) is 13.1. The van der Waals surface area contributed by atoms with Crippen molar-refractivity contribution in [2.75, 3.05) is 27.4 Å². The van der Waals surface area contributed by atoms with Crippen molar-refractivity contribution in [3.05, 3.63) is 29.3 Å². The smallest absolute Gasteiger partial charge is 0.119 e. The van der Waals surface area contributed by atoms with Crippen molar-refractivity contribution in [3.63, 3.8) is 0 Å². The minimum Gasteiger partial charge on any atom is -0.497 e. The molecule has 1 aromatic carbocycles. The lowest BCUT2D eigenvalue weighted by Gasteiger charge is -2.08. The van der Waals surface area contributed by atoms with Gasteiger partial charge in [-0.1, -0.05) is 17.9 Å². The highest BCUT2D eigenvalue weighted by Crippen LogP contribution is 2.17. The summed E-state index contributed by atoms with van der Waals surface area (Å²) in [6.07, 6.45) is 0.502. The first-order valence-corrected chi connectivity index (χ1v) is 5.23. The molecule has 0 saturated heterocycles. The van der Waals surface area contributed by atoms with Crippen LogP contribution < -0.4 is 4.74 Å². The van der Waals surface area contributed by atoms with Gasteiger partial charge >= 0.3 is 0 Å². The Kier molecular flexibility index (Phi) is 5.97. The van der Waals surface area contributed by atoms with Gasteiger partial charge in [-0.15, -0.1) is 0 Å². The zero-order chi connectivity index (χ0) is 11.8. The van der Waals surface area contributed by atoms with Gasteiger partial charge in [0, 0.05) is 7.11 Å². The van der Waals surface area contributed by atoms with Crippen LogP contribution in [0.3, 0.4) is 0 Å². The molecule has 1 rings (SSSR count). The second-order valence-corrected chi connectivity index (χ2v) is 3.44. The third-order valence-electron chi connectivity index (χ3n) is 2.20. The van der Waals surface area contributed by atoms with Crippen LogP contribution in [0.2, 0.25) is 0 Å². The van der Waals surface area contributed by atoms with Crippen LogP contribution in [0, 0.1) is 0 Å².